The molecule has 1 aliphatic carbocycles. The lowest BCUT2D eigenvalue weighted by Crippen LogP contribution is -2.49. The number of benzene rings is 1. The molecule has 0 atom stereocenters. The van der Waals surface area contributed by atoms with Crippen LogP contribution < -0.4 is 4.18 Å². The Morgan fingerprint density at radius 3 is 2.44 bits per heavy atom. The van der Waals surface area contributed by atoms with Gasteiger partial charge in [-0.1, -0.05) is 12.1 Å². The van der Waals surface area contributed by atoms with Gasteiger partial charge in [-0.05, 0) is 62.1 Å². The van der Waals surface area contributed by atoms with Crippen LogP contribution in [-0.2, 0) is 25.2 Å². The maximum absolute atomic E-state index is 12.5. The van der Waals surface area contributed by atoms with Gasteiger partial charge in [-0.25, -0.2) is 0 Å². The zero-order valence-electron chi connectivity index (χ0n) is 15.0. The first-order valence-electron chi connectivity index (χ1n) is 8.95. The van der Waals surface area contributed by atoms with E-state index in [1.165, 1.54) is 18.2 Å². The molecule has 0 spiro atoms. The lowest BCUT2D eigenvalue weighted by Gasteiger charge is -2.53. The molecule has 2 heterocycles. The maximum Gasteiger partial charge on any atom is 0.534 e. The summed E-state index contributed by atoms with van der Waals surface area (Å²) >= 11 is 0. The van der Waals surface area contributed by atoms with Crippen molar-refractivity contribution in [3.05, 3.63) is 29.8 Å². The quantitative estimate of drug-likeness (QED) is 0.386. The van der Waals surface area contributed by atoms with Gasteiger partial charge in [0.15, 0.2) is 0 Å². The fraction of sp³-hybridized carbons (Fsp3) is 0.667. The molecule has 1 aromatic rings. The van der Waals surface area contributed by atoms with Gasteiger partial charge in [-0.15, -0.1) is 0 Å². The summed E-state index contributed by atoms with van der Waals surface area (Å²) in [4.78, 5) is 0. The summed E-state index contributed by atoms with van der Waals surface area (Å²) in [5.41, 5.74) is -5.33. The Balaban J connectivity index is 1.74. The third-order valence-electron chi connectivity index (χ3n) is 5.60. The van der Waals surface area contributed by atoms with Gasteiger partial charge in [0.2, 0.25) is 0 Å². The van der Waals surface area contributed by atoms with E-state index in [2.05, 4.69) is 4.18 Å². The average molecular weight is 408 g/mol. The lowest BCUT2D eigenvalue weighted by molar-refractivity contribution is -0.194. The van der Waals surface area contributed by atoms with E-state index in [4.69, 9.17) is 9.47 Å². The van der Waals surface area contributed by atoms with Crippen LogP contribution in [0.2, 0.25) is 0 Å². The normalized spacial score (nSPS) is 28.3. The van der Waals surface area contributed by atoms with Crippen molar-refractivity contribution >= 4 is 10.1 Å². The van der Waals surface area contributed by atoms with Gasteiger partial charge in [0, 0.05) is 13.2 Å². The first-order valence-corrected chi connectivity index (χ1v) is 10.4. The molecule has 0 radical (unpaired) electrons. The molecule has 2 bridgehead atoms. The summed E-state index contributed by atoms with van der Waals surface area (Å²) in [6.07, 6.45) is 4.26. The molecule has 0 aromatic heterocycles. The second-order valence-corrected chi connectivity index (χ2v) is 8.78. The number of hydrogen-bond donors (Lipinski definition) is 0. The minimum Gasteiger partial charge on any atom is -0.382 e. The van der Waals surface area contributed by atoms with Crippen LogP contribution >= 0.6 is 0 Å². The van der Waals surface area contributed by atoms with E-state index in [0.29, 0.717) is 25.4 Å². The van der Waals surface area contributed by atoms with Crippen LogP contribution in [0.25, 0.3) is 0 Å². The highest BCUT2D eigenvalue weighted by Crippen LogP contribution is 2.55. The minimum atomic E-state index is -5.69. The van der Waals surface area contributed by atoms with Crippen molar-refractivity contribution in [1.82, 2.24) is 0 Å². The Bertz CT molecular complexity index is 751. The fourth-order valence-electron chi connectivity index (χ4n) is 3.90. The molecular weight excluding hydrogens is 385 g/mol. The van der Waals surface area contributed by atoms with Crippen molar-refractivity contribution in [2.45, 2.75) is 50.1 Å². The van der Waals surface area contributed by atoms with E-state index in [9.17, 15) is 21.6 Å². The first-order chi connectivity index (χ1) is 12.6. The van der Waals surface area contributed by atoms with Crippen molar-refractivity contribution < 1.29 is 35.2 Å². The predicted octanol–water partition coefficient (Wildman–Crippen LogP) is 4.13. The Hall–Kier alpha value is -1.32. The zero-order chi connectivity index (χ0) is 19.8. The van der Waals surface area contributed by atoms with Crippen LogP contribution in [0.1, 0.15) is 44.6 Å². The first kappa shape index (κ1) is 20.4. The van der Waals surface area contributed by atoms with E-state index in [-0.39, 0.29) is 11.2 Å². The average Bonchev–Trinajstić information content (AvgIpc) is 2.62. The number of halogens is 3. The molecule has 3 fully saturated rings. The molecule has 9 heteroatoms. The van der Waals surface area contributed by atoms with Crippen molar-refractivity contribution in [3.63, 3.8) is 0 Å². The fourth-order valence-corrected chi connectivity index (χ4v) is 4.35. The van der Waals surface area contributed by atoms with Crippen LogP contribution in [0.4, 0.5) is 13.2 Å². The molecule has 1 aromatic carbocycles. The number of alkyl halides is 3. The van der Waals surface area contributed by atoms with Crippen LogP contribution in [0.15, 0.2) is 24.3 Å². The van der Waals surface area contributed by atoms with E-state index >= 15 is 0 Å². The highest BCUT2D eigenvalue weighted by molar-refractivity contribution is 7.88. The smallest absolute Gasteiger partial charge is 0.382 e. The molecule has 2 saturated heterocycles. The maximum atomic E-state index is 12.5. The summed E-state index contributed by atoms with van der Waals surface area (Å²) in [5, 5.41) is 0. The van der Waals surface area contributed by atoms with Gasteiger partial charge < -0.3 is 13.7 Å². The Labute approximate surface area is 156 Å². The molecular formula is C18H23F3O5S. The van der Waals surface area contributed by atoms with Gasteiger partial charge in [-0.3, -0.25) is 0 Å². The predicted molar refractivity (Wildman–Crippen MR) is 91.7 cm³/mol. The van der Waals surface area contributed by atoms with Crippen LogP contribution in [0.3, 0.4) is 0 Å². The van der Waals surface area contributed by atoms with Crippen molar-refractivity contribution in [3.8, 4) is 5.75 Å². The molecule has 0 unspecified atom stereocenters. The van der Waals surface area contributed by atoms with Gasteiger partial charge >= 0.3 is 15.6 Å². The van der Waals surface area contributed by atoms with Crippen molar-refractivity contribution in [1.29, 1.82) is 0 Å². The summed E-state index contributed by atoms with van der Waals surface area (Å²) in [6.45, 7) is 3.88. The standard InChI is InChI=1S/C18H23F3O5S/c1-2-24-11-10-16-6-8-17(9-7-16,25-13-16)14-4-3-5-15(12-14)26-27(22,23)18(19,20)21/h3-5,12H,2,6-11,13H2,1H3. The third-order valence-corrected chi connectivity index (χ3v) is 6.58. The summed E-state index contributed by atoms with van der Waals surface area (Å²) in [7, 11) is -5.69. The van der Waals surface area contributed by atoms with Gasteiger partial charge in [-0.2, -0.15) is 21.6 Å². The van der Waals surface area contributed by atoms with Crippen molar-refractivity contribution in [2.75, 3.05) is 19.8 Å². The monoisotopic (exact) mass is 408 g/mol. The third kappa shape index (κ3) is 4.09. The number of ether oxygens (including phenoxy) is 2. The number of fused-ring (bicyclic) bond motifs is 3. The second-order valence-electron chi connectivity index (χ2n) is 7.24. The Kier molecular flexibility index (Phi) is 5.48. The van der Waals surface area contributed by atoms with E-state index in [0.717, 1.165) is 32.1 Å². The van der Waals surface area contributed by atoms with E-state index in [1.54, 1.807) is 6.07 Å². The molecule has 0 amide bonds. The molecule has 1 saturated carbocycles. The van der Waals surface area contributed by atoms with Crippen LogP contribution in [0, 0.1) is 5.41 Å². The summed E-state index contributed by atoms with van der Waals surface area (Å²) in [5.74, 6) is -0.360. The van der Waals surface area contributed by atoms with Gasteiger partial charge in [0.05, 0.1) is 12.2 Å². The number of hydrogen-bond acceptors (Lipinski definition) is 5. The van der Waals surface area contributed by atoms with Gasteiger partial charge in [0.25, 0.3) is 0 Å². The second kappa shape index (κ2) is 7.25. The highest BCUT2D eigenvalue weighted by Gasteiger charge is 2.51. The van der Waals surface area contributed by atoms with E-state index < -0.39 is 21.2 Å². The van der Waals surface area contributed by atoms with Gasteiger partial charge in [0.1, 0.15) is 5.75 Å². The highest BCUT2D eigenvalue weighted by atomic mass is 32.2. The summed E-state index contributed by atoms with van der Waals surface area (Å²) < 4.78 is 76.0. The molecule has 152 valence electrons. The topological polar surface area (TPSA) is 61.8 Å². The molecule has 0 N–H and O–H groups in total. The van der Waals surface area contributed by atoms with Crippen LogP contribution in [-0.4, -0.2) is 33.7 Å². The lowest BCUT2D eigenvalue weighted by atomic mass is 9.63. The SMILES string of the molecule is CCOCCC12CCC(c3cccc(OS(=O)(=O)C(F)(F)F)c3)(CC1)OC2. The Morgan fingerprint density at radius 2 is 1.89 bits per heavy atom. The molecule has 2 aliphatic heterocycles. The molecule has 3 aliphatic rings. The minimum absolute atomic E-state index is 0.0880. The zero-order valence-corrected chi connectivity index (χ0v) is 15.9. The molecule has 5 nitrogen and oxygen atoms in total. The van der Waals surface area contributed by atoms with E-state index in [1.807, 2.05) is 6.92 Å². The van der Waals surface area contributed by atoms with Crippen molar-refractivity contribution in [2.24, 2.45) is 5.41 Å². The molecule has 4 rings (SSSR count). The molecule has 27 heavy (non-hydrogen) atoms. The van der Waals surface area contributed by atoms with Crippen LogP contribution in [0.5, 0.6) is 5.75 Å². The summed E-state index contributed by atoms with van der Waals surface area (Å²) in [6, 6.07) is 5.76. The largest absolute Gasteiger partial charge is 0.534 e. The Morgan fingerprint density at radius 1 is 1.19 bits per heavy atom. The number of rotatable bonds is 7.